The lowest BCUT2D eigenvalue weighted by molar-refractivity contribution is 0.0690. The first-order valence-corrected chi connectivity index (χ1v) is 8.03. The van der Waals surface area contributed by atoms with Gasteiger partial charge in [-0.2, -0.15) is 5.10 Å². The minimum absolute atomic E-state index is 0.147. The maximum atomic E-state index is 12.6. The quantitative estimate of drug-likeness (QED) is 0.870. The lowest BCUT2D eigenvalue weighted by atomic mass is 10.0. The molecule has 2 heterocycles. The van der Waals surface area contributed by atoms with Crippen LogP contribution in [0.3, 0.4) is 0 Å². The molecule has 0 unspecified atom stereocenters. The van der Waals surface area contributed by atoms with Gasteiger partial charge in [-0.1, -0.05) is 26.0 Å². The summed E-state index contributed by atoms with van der Waals surface area (Å²) in [6.45, 7) is 5.93. The van der Waals surface area contributed by atoms with E-state index < -0.39 is 0 Å². The topological polar surface area (TPSA) is 38.1 Å². The molecular weight excluding hydrogens is 274 g/mol. The molecule has 1 saturated heterocycles. The molecule has 0 atom stereocenters. The van der Waals surface area contributed by atoms with Crippen LogP contribution >= 0.6 is 0 Å². The fraction of sp³-hybridized carbons (Fsp3) is 0.444. The number of nitrogens with zero attached hydrogens (tertiary/aromatic N) is 3. The predicted molar refractivity (Wildman–Crippen MR) is 86.9 cm³/mol. The number of hydrogen-bond donors (Lipinski definition) is 0. The molecule has 0 spiro atoms. The molecule has 1 aliphatic rings. The normalized spacial score (nSPS) is 16.2. The maximum absolute atomic E-state index is 12.6. The van der Waals surface area contributed by atoms with Crippen LogP contribution in [0.15, 0.2) is 42.7 Å². The van der Waals surface area contributed by atoms with Crippen LogP contribution in [0.5, 0.6) is 0 Å². The zero-order chi connectivity index (χ0) is 15.5. The van der Waals surface area contributed by atoms with Crippen LogP contribution < -0.4 is 0 Å². The van der Waals surface area contributed by atoms with Crippen LogP contribution in [0, 0.1) is 0 Å². The van der Waals surface area contributed by atoms with Crippen LogP contribution in [0.4, 0.5) is 0 Å². The molecule has 0 saturated carbocycles. The Hall–Kier alpha value is -2.10. The summed E-state index contributed by atoms with van der Waals surface area (Å²) in [7, 11) is 0. The highest BCUT2D eigenvalue weighted by Crippen LogP contribution is 2.23. The van der Waals surface area contributed by atoms with Crippen LogP contribution in [0.1, 0.15) is 54.6 Å². The van der Waals surface area contributed by atoms with Crippen molar-refractivity contribution < 1.29 is 4.79 Å². The van der Waals surface area contributed by atoms with E-state index in [9.17, 15) is 4.79 Å². The van der Waals surface area contributed by atoms with E-state index in [1.54, 1.807) is 0 Å². The fourth-order valence-electron chi connectivity index (χ4n) is 3.02. The third-order valence-electron chi connectivity index (χ3n) is 4.47. The van der Waals surface area contributed by atoms with Crippen molar-refractivity contribution in [3.63, 3.8) is 0 Å². The molecule has 2 aromatic rings. The third-order valence-corrected chi connectivity index (χ3v) is 4.47. The Kier molecular flexibility index (Phi) is 4.27. The van der Waals surface area contributed by atoms with E-state index in [1.807, 2.05) is 40.2 Å². The number of hydrogen-bond acceptors (Lipinski definition) is 2. The number of carbonyl (C=O) groups is 1. The van der Waals surface area contributed by atoms with Gasteiger partial charge < -0.3 is 4.90 Å². The van der Waals surface area contributed by atoms with Gasteiger partial charge in [0.2, 0.25) is 0 Å². The molecule has 0 aliphatic carbocycles. The van der Waals surface area contributed by atoms with Crippen molar-refractivity contribution in [2.45, 2.75) is 38.6 Å². The smallest absolute Gasteiger partial charge is 0.253 e. The molecule has 0 radical (unpaired) electrons. The summed E-state index contributed by atoms with van der Waals surface area (Å²) in [6.07, 6.45) is 5.76. The van der Waals surface area contributed by atoms with Crippen molar-refractivity contribution in [3.8, 4) is 0 Å². The predicted octanol–water partition coefficient (Wildman–Crippen LogP) is 3.48. The monoisotopic (exact) mass is 297 g/mol. The average Bonchev–Trinajstić information content (AvgIpc) is 3.09. The first-order chi connectivity index (χ1) is 10.6. The van der Waals surface area contributed by atoms with Gasteiger partial charge in [0.1, 0.15) is 0 Å². The van der Waals surface area contributed by atoms with Crippen LogP contribution in [0.25, 0.3) is 0 Å². The minimum Gasteiger partial charge on any atom is -0.338 e. The number of likely N-dealkylation sites (tertiary alicyclic amines) is 1. The second kappa shape index (κ2) is 6.34. The SMILES string of the molecule is CC(C)c1ccc(C(=O)N2CCC(n3cccn3)CC2)cc1. The van der Waals surface area contributed by atoms with Gasteiger partial charge in [0, 0.05) is 31.0 Å². The zero-order valence-electron chi connectivity index (χ0n) is 13.3. The van der Waals surface area contributed by atoms with Gasteiger partial charge in [0.15, 0.2) is 0 Å². The second-order valence-electron chi connectivity index (χ2n) is 6.29. The summed E-state index contributed by atoms with van der Waals surface area (Å²) in [4.78, 5) is 14.5. The molecule has 1 aliphatic heterocycles. The largest absolute Gasteiger partial charge is 0.338 e. The van der Waals surface area contributed by atoms with Crippen molar-refractivity contribution in [1.29, 1.82) is 0 Å². The summed E-state index contributed by atoms with van der Waals surface area (Å²) in [6, 6.07) is 10.4. The summed E-state index contributed by atoms with van der Waals surface area (Å²) in [5, 5.41) is 4.31. The van der Waals surface area contributed by atoms with Crippen molar-refractivity contribution in [1.82, 2.24) is 14.7 Å². The molecule has 4 heteroatoms. The molecule has 0 bridgehead atoms. The van der Waals surface area contributed by atoms with E-state index in [4.69, 9.17) is 0 Å². The van der Waals surface area contributed by atoms with Crippen LogP contribution in [-0.2, 0) is 0 Å². The van der Waals surface area contributed by atoms with Gasteiger partial charge in [-0.15, -0.1) is 0 Å². The van der Waals surface area contributed by atoms with E-state index >= 15 is 0 Å². The van der Waals surface area contributed by atoms with Gasteiger partial charge >= 0.3 is 0 Å². The van der Waals surface area contributed by atoms with E-state index in [0.717, 1.165) is 31.5 Å². The van der Waals surface area contributed by atoms with E-state index in [2.05, 4.69) is 31.1 Å². The summed E-state index contributed by atoms with van der Waals surface area (Å²) in [5.41, 5.74) is 2.07. The van der Waals surface area contributed by atoms with Crippen LogP contribution in [-0.4, -0.2) is 33.7 Å². The van der Waals surface area contributed by atoms with E-state index in [0.29, 0.717) is 12.0 Å². The number of piperidine rings is 1. The minimum atomic E-state index is 0.147. The molecule has 116 valence electrons. The lowest BCUT2D eigenvalue weighted by Crippen LogP contribution is -2.39. The van der Waals surface area contributed by atoms with Crippen molar-refractivity contribution >= 4 is 5.91 Å². The Morgan fingerprint density at radius 2 is 1.86 bits per heavy atom. The standard InChI is InChI=1S/C18H23N3O/c1-14(2)15-4-6-16(7-5-15)18(22)20-12-8-17(9-13-20)21-11-3-10-19-21/h3-7,10-11,14,17H,8-9,12-13H2,1-2H3. The zero-order valence-corrected chi connectivity index (χ0v) is 13.3. The van der Waals surface area contributed by atoms with Crippen molar-refractivity contribution in [2.24, 2.45) is 0 Å². The summed E-state index contributed by atoms with van der Waals surface area (Å²) < 4.78 is 2.01. The Labute approximate surface area is 131 Å². The highest BCUT2D eigenvalue weighted by molar-refractivity contribution is 5.94. The Bertz CT molecular complexity index is 608. The van der Waals surface area contributed by atoms with Crippen LogP contribution in [0.2, 0.25) is 0 Å². The molecule has 3 rings (SSSR count). The van der Waals surface area contributed by atoms with E-state index in [1.165, 1.54) is 5.56 Å². The third kappa shape index (κ3) is 3.06. The second-order valence-corrected chi connectivity index (χ2v) is 6.29. The molecule has 1 aromatic carbocycles. The summed E-state index contributed by atoms with van der Waals surface area (Å²) in [5.74, 6) is 0.642. The Balaban J connectivity index is 1.62. The molecule has 22 heavy (non-hydrogen) atoms. The molecule has 1 aromatic heterocycles. The number of carbonyl (C=O) groups excluding carboxylic acids is 1. The fourth-order valence-corrected chi connectivity index (χ4v) is 3.02. The number of rotatable bonds is 3. The Morgan fingerprint density at radius 1 is 1.18 bits per heavy atom. The van der Waals surface area contributed by atoms with E-state index in [-0.39, 0.29) is 5.91 Å². The number of benzene rings is 1. The Morgan fingerprint density at radius 3 is 2.41 bits per heavy atom. The number of amides is 1. The summed E-state index contributed by atoms with van der Waals surface area (Å²) >= 11 is 0. The van der Waals surface area contributed by atoms with Gasteiger partial charge in [-0.3, -0.25) is 9.48 Å². The first-order valence-electron chi connectivity index (χ1n) is 8.03. The van der Waals surface area contributed by atoms with Crippen molar-refractivity contribution in [2.75, 3.05) is 13.1 Å². The molecular formula is C18H23N3O. The van der Waals surface area contributed by atoms with Gasteiger partial charge in [-0.05, 0) is 42.5 Å². The number of aromatic nitrogens is 2. The van der Waals surface area contributed by atoms with Gasteiger partial charge in [0.25, 0.3) is 5.91 Å². The first kappa shape index (κ1) is 14.8. The molecule has 4 nitrogen and oxygen atoms in total. The lowest BCUT2D eigenvalue weighted by Gasteiger charge is -2.32. The molecule has 0 N–H and O–H groups in total. The average molecular weight is 297 g/mol. The highest BCUT2D eigenvalue weighted by atomic mass is 16.2. The molecule has 1 amide bonds. The van der Waals surface area contributed by atoms with Crippen molar-refractivity contribution in [3.05, 3.63) is 53.9 Å². The maximum Gasteiger partial charge on any atom is 0.253 e. The van der Waals surface area contributed by atoms with Gasteiger partial charge in [0.05, 0.1) is 6.04 Å². The molecule has 1 fully saturated rings. The van der Waals surface area contributed by atoms with Gasteiger partial charge in [-0.25, -0.2) is 0 Å². The highest BCUT2D eigenvalue weighted by Gasteiger charge is 2.24.